The predicted octanol–water partition coefficient (Wildman–Crippen LogP) is 1.89. The van der Waals surface area contributed by atoms with Crippen LogP contribution in [0.15, 0.2) is 31.0 Å². The van der Waals surface area contributed by atoms with Crippen LogP contribution >= 0.6 is 0 Å². The van der Waals surface area contributed by atoms with Crippen molar-refractivity contribution in [3.05, 3.63) is 47.8 Å². The lowest BCUT2D eigenvalue weighted by Gasteiger charge is -2.24. The molecule has 1 aliphatic heterocycles. The third-order valence-corrected chi connectivity index (χ3v) is 4.18. The van der Waals surface area contributed by atoms with E-state index in [1.165, 1.54) is 23.2 Å². The van der Waals surface area contributed by atoms with E-state index in [2.05, 4.69) is 39.8 Å². The summed E-state index contributed by atoms with van der Waals surface area (Å²) in [5.41, 5.74) is 4.08. The number of pyridine rings is 1. The van der Waals surface area contributed by atoms with E-state index in [1.807, 2.05) is 24.9 Å². The molecule has 1 atom stereocenters. The molecule has 3 heterocycles. The Balaban J connectivity index is 1.91. The largest absolute Gasteiger partial charge is 0.330 e. The van der Waals surface area contributed by atoms with E-state index in [1.54, 1.807) is 0 Å². The summed E-state index contributed by atoms with van der Waals surface area (Å²) in [6.07, 6.45) is 8.92. The molecule has 1 N–H and O–H groups in total. The number of hydrogen-bond donors (Lipinski definition) is 1. The van der Waals surface area contributed by atoms with E-state index in [9.17, 15) is 0 Å². The number of aryl methyl sites for hydroxylation is 1. The van der Waals surface area contributed by atoms with Crippen LogP contribution in [0.4, 0.5) is 0 Å². The van der Waals surface area contributed by atoms with Crippen molar-refractivity contribution in [2.24, 2.45) is 0 Å². The molecule has 1 aliphatic rings. The number of nitrogens with zero attached hydrogens (tertiary/aromatic N) is 3. The Morgan fingerprint density at radius 2 is 2.26 bits per heavy atom. The highest BCUT2D eigenvalue weighted by molar-refractivity contribution is 5.24. The van der Waals surface area contributed by atoms with E-state index in [4.69, 9.17) is 0 Å². The second kappa shape index (κ2) is 4.78. The quantitative estimate of drug-likeness (QED) is 0.912. The molecule has 1 saturated heterocycles. The summed E-state index contributed by atoms with van der Waals surface area (Å²) in [5, 5.41) is 3.45. The number of rotatable bonds is 3. The molecule has 1 fully saturated rings. The van der Waals surface area contributed by atoms with Gasteiger partial charge < -0.3 is 9.88 Å². The van der Waals surface area contributed by atoms with E-state index in [-0.39, 0.29) is 5.41 Å². The average Bonchev–Trinajstić information content (AvgIpc) is 3.02. The Kier molecular flexibility index (Phi) is 3.11. The fourth-order valence-electron chi connectivity index (χ4n) is 2.85. The Bertz CT molecular complexity index is 567. The normalized spacial score (nSPS) is 22.8. The first kappa shape index (κ1) is 12.4. The molecule has 19 heavy (non-hydrogen) atoms. The van der Waals surface area contributed by atoms with Crippen molar-refractivity contribution in [1.29, 1.82) is 0 Å². The van der Waals surface area contributed by atoms with Crippen molar-refractivity contribution in [2.75, 3.05) is 13.1 Å². The highest BCUT2D eigenvalue weighted by Gasteiger charge is 2.33. The van der Waals surface area contributed by atoms with Gasteiger partial charge in [0.05, 0.1) is 6.33 Å². The molecule has 0 bridgehead atoms. The van der Waals surface area contributed by atoms with Gasteiger partial charge in [-0.2, -0.15) is 0 Å². The van der Waals surface area contributed by atoms with Crippen molar-refractivity contribution in [1.82, 2.24) is 19.9 Å². The molecule has 3 rings (SSSR count). The van der Waals surface area contributed by atoms with Gasteiger partial charge in [-0.25, -0.2) is 4.98 Å². The Morgan fingerprint density at radius 3 is 3.00 bits per heavy atom. The topological polar surface area (TPSA) is 42.7 Å². The first-order valence-corrected chi connectivity index (χ1v) is 6.80. The molecule has 4 heteroatoms. The van der Waals surface area contributed by atoms with E-state index in [0.717, 1.165) is 19.6 Å². The molecule has 0 radical (unpaired) electrons. The fourth-order valence-corrected chi connectivity index (χ4v) is 2.85. The van der Waals surface area contributed by atoms with Crippen LogP contribution in [-0.2, 0) is 12.0 Å². The van der Waals surface area contributed by atoms with Crippen molar-refractivity contribution in [3.63, 3.8) is 0 Å². The highest BCUT2D eigenvalue weighted by atomic mass is 15.1. The standard InChI is InChI=1S/C15H20N4/c1-12-7-16-5-3-13(12)9-19-11-18-8-14(19)15(2)4-6-17-10-15/h3,5,7-8,11,17H,4,6,9-10H2,1-2H3. The monoisotopic (exact) mass is 256 g/mol. The molecule has 0 spiro atoms. The zero-order chi connectivity index (χ0) is 13.3. The maximum Gasteiger partial charge on any atom is 0.0951 e. The lowest BCUT2D eigenvalue weighted by molar-refractivity contribution is 0.481. The van der Waals surface area contributed by atoms with E-state index >= 15 is 0 Å². The maximum absolute atomic E-state index is 4.36. The maximum atomic E-state index is 4.36. The summed E-state index contributed by atoms with van der Waals surface area (Å²) in [6.45, 7) is 7.43. The van der Waals surface area contributed by atoms with Gasteiger partial charge >= 0.3 is 0 Å². The van der Waals surface area contributed by atoms with Gasteiger partial charge in [0.1, 0.15) is 0 Å². The second-order valence-electron chi connectivity index (χ2n) is 5.70. The molecule has 4 nitrogen and oxygen atoms in total. The van der Waals surface area contributed by atoms with Crippen LogP contribution < -0.4 is 5.32 Å². The van der Waals surface area contributed by atoms with Crippen LogP contribution in [-0.4, -0.2) is 27.6 Å². The van der Waals surface area contributed by atoms with Crippen LogP contribution in [0.3, 0.4) is 0 Å². The Hall–Kier alpha value is -1.68. The molecule has 0 aliphatic carbocycles. The molecule has 0 saturated carbocycles. The summed E-state index contributed by atoms with van der Waals surface area (Å²) in [6, 6.07) is 2.09. The molecule has 1 unspecified atom stereocenters. The van der Waals surface area contributed by atoms with Gasteiger partial charge in [0.2, 0.25) is 0 Å². The van der Waals surface area contributed by atoms with Crippen LogP contribution in [0.1, 0.15) is 30.2 Å². The summed E-state index contributed by atoms with van der Waals surface area (Å²) in [7, 11) is 0. The zero-order valence-corrected chi connectivity index (χ0v) is 11.6. The SMILES string of the molecule is Cc1cnccc1Cn1cncc1C1(C)CCNC1. The van der Waals surface area contributed by atoms with Crippen molar-refractivity contribution in [3.8, 4) is 0 Å². The number of imidazole rings is 1. The zero-order valence-electron chi connectivity index (χ0n) is 11.6. The Morgan fingerprint density at radius 1 is 1.37 bits per heavy atom. The van der Waals surface area contributed by atoms with Gasteiger partial charge in [-0.3, -0.25) is 4.98 Å². The van der Waals surface area contributed by atoms with Gasteiger partial charge in [0.15, 0.2) is 0 Å². The number of nitrogens with one attached hydrogen (secondary N) is 1. The summed E-state index contributed by atoms with van der Waals surface area (Å²) in [4.78, 5) is 8.51. The molecule has 100 valence electrons. The predicted molar refractivity (Wildman–Crippen MR) is 75.1 cm³/mol. The van der Waals surface area contributed by atoms with Crippen molar-refractivity contribution >= 4 is 0 Å². The Labute approximate surface area is 113 Å². The summed E-state index contributed by atoms with van der Waals surface area (Å²) >= 11 is 0. The third kappa shape index (κ3) is 2.28. The van der Waals surface area contributed by atoms with Gasteiger partial charge in [-0.05, 0) is 37.1 Å². The lowest BCUT2D eigenvalue weighted by Crippen LogP contribution is -2.28. The molecular weight excluding hydrogens is 236 g/mol. The highest BCUT2D eigenvalue weighted by Crippen LogP contribution is 2.30. The fraction of sp³-hybridized carbons (Fsp3) is 0.467. The molecule has 2 aromatic heterocycles. The minimum atomic E-state index is 0.206. The van der Waals surface area contributed by atoms with Gasteiger partial charge in [-0.1, -0.05) is 6.92 Å². The van der Waals surface area contributed by atoms with E-state index in [0.29, 0.717) is 0 Å². The van der Waals surface area contributed by atoms with Crippen LogP contribution in [0.25, 0.3) is 0 Å². The molecular formula is C15H20N4. The molecule has 2 aromatic rings. The molecule has 0 aromatic carbocycles. The molecule has 0 amide bonds. The van der Waals surface area contributed by atoms with Crippen LogP contribution in [0.2, 0.25) is 0 Å². The van der Waals surface area contributed by atoms with Crippen LogP contribution in [0, 0.1) is 6.92 Å². The first-order chi connectivity index (χ1) is 9.19. The smallest absolute Gasteiger partial charge is 0.0951 e. The van der Waals surface area contributed by atoms with Gasteiger partial charge in [0.25, 0.3) is 0 Å². The van der Waals surface area contributed by atoms with E-state index < -0.39 is 0 Å². The third-order valence-electron chi connectivity index (χ3n) is 4.18. The van der Waals surface area contributed by atoms with Gasteiger partial charge in [0, 0.05) is 42.8 Å². The summed E-state index contributed by atoms with van der Waals surface area (Å²) < 4.78 is 2.27. The minimum absolute atomic E-state index is 0.206. The minimum Gasteiger partial charge on any atom is -0.330 e. The van der Waals surface area contributed by atoms with Gasteiger partial charge in [-0.15, -0.1) is 0 Å². The van der Waals surface area contributed by atoms with Crippen LogP contribution in [0.5, 0.6) is 0 Å². The van der Waals surface area contributed by atoms with Crippen molar-refractivity contribution < 1.29 is 0 Å². The lowest BCUT2D eigenvalue weighted by atomic mass is 9.86. The van der Waals surface area contributed by atoms with Crippen molar-refractivity contribution in [2.45, 2.75) is 32.2 Å². The summed E-state index contributed by atoms with van der Waals surface area (Å²) in [5.74, 6) is 0. The number of aromatic nitrogens is 3. The second-order valence-corrected chi connectivity index (χ2v) is 5.70. The average molecular weight is 256 g/mol. The number of hydrogen-bond acceptors (Lipinski definition) is 3. The first-order valence-electron chi connectivity index (χ1n) is 6.80.